The number of hydrogen-bond acceptors (Lipinski definition) is 2. The molecule has 0 aliphatic heterocycles. The molecule has 1 aromatic carbocycles. The van der Waals surface area contributed by atoms with Gasteiger partial charge in [0.05, 0.1) is 6.42 Å². The Bertz CT molecular complexity index is 329. The summed E-state index contributed by atoms with van der Waals surface area (Å²) >= 11 is 5.72. The summed E-state index contributed by atoms with van der Waals surface area (Å²) in [4.78, 5) is 10.6. The first-order valence-corrected chi connectivity index (χ1v) is 5.75. The molecule has 0 aromatic heterocycles. The largest absolute Gasteiger partial charge is 0.481 e. The fourth-order valence-corrected chi connectivity index (χ4v) is 1.76. The van der Waals surface area contributed by atoms with E-state index in [1.165, 1.54) is 0 Å². The molecular formula is C12H16ClNO2. The highest BCUT2D eigenvalue weighted by atomic mass is 35.5. The lowest BCUT2D eigenvalue weighted by Gasteiger charge is -2.20. The fourth-order valence-electron chi connectivity index (χ4n) is 1.56. The first-order chi connectivity index (χ1) is 7.63. The Hall–Kier alpha value is -1.06. The molecule has 2 atom stereocenters. The third-order valence-corrected chi connectivity index (χ3v) is 2.77. The maximum absolute atomic E-state index is 10.6. The number of benzene rings is 1. The van der Waals surface area contributed by atoms with Gasteiger partial charge in [-0.15, -0.1) is 11.6 Å². The number of carboxylic acid groups (broad SMARTS) is 1. The molecule has 1 rings (SSSR count). The quantitative estimate of drug-likeness (QED) is 0.752. The van der Waals surface area contributed by atoms with E-state index >= 15 is 0 Å². The van der Waals surface area contributed by atoms with Gasteiger partial charge in [-0.25, -0.2) is 0 Å². The van der Waals surface area contributed by atoms with E-state index in [4.69, 9.17) is 16.7 Å². The monoisotopic (exact) mass is 241 g/mol. The van der Waals surface area contributed by atoms with Crippen LogP contribution in [0.1, 0.15) is 24.9 Å². The molecule has 0 heterocycles. The van der Waals surface area contributed by atoms with Crippen LogP contribution in [-0.4, -0.2) is 23.0 Å². The highest BCUT2D eigenvalue weighted by Gasteiger charge is 2.15. The van der Waals surface area contributed by atoms with Gasteiger partial charge in [0.15, 0.2) is 0 Å². The van der Waals surface area contributed by atoms with Crippen molar-refractivity contribution in [2.45, 2.75) is 25.4 Å². The molecule has 0 bridgehead atoms. The van der Waals surface area contributed by atoms with Gasteiger partial charge in [0.1, 0.15) is 0 Å². The summed E-state index contributed by atoms with van der Waals surface area (Å²) in [5.41, 5.74) is 1.13. The predicted octanol–water partition coefficient (Wildman–Crippen LogP) is 2.42. The third kappa shape index (κ3) is 4.21. The van der Waals surface area contributed by atoms with Crippen LogP contribution in [0.5, 0.6) is 0 Å². The van der Waals surface area contributed by atoms with Crippen molar-refractivity contribution < 1.29 is 9.90 Å². The summed E-state index contributed by atoms with van der Waals surface area (Å²) < 4.78 is 0. The molecule has 4 heteroatoms. The van der Waals surface area contributed by atoms with Crippen LogP contribution in [-0.2, 0) is 4.79 Å². The van der Waals surface area contributed by atoms with E-state index in [0.29, 0.717) is 5.88 Å². The lowest BCUT2D eigenvalue weighted by Crippen LogP contribution is -2.34. The maximum atomic E-state index is 10.6. The SMILES string of the molecule is CC(NC(CCl)CC(=O)O)c1ccccc1. The molecular weight excluding hydrogens is 226 g/mol. The first kappa shape index (κ1) is 13.0. The molecule has 0 fully saturated rings. The molecule has 2 unspecified atom stereocenters. The van der Waals surface area contributed by atoms with E-state index in [1.54, 1.807) is 0 Å². The lowest BCUT2D eigenvalue weighted by atomic mass is 10.1. The zero-order valence-corrected chi connectivity index (χ0v) is 9.95. The Morgan fingerprint density at radius 2 is 2.06 bits per heavy atom. The van der Waals surface area contributed by atoms with Crippen LogP contribution in [0.15, 0.2) is 30.3 Å². The standard InChI is InChI=1S/C12H16ClNO2/c1-9(10-5-3-2-4-6-10)14-11(8-13)7-12(15)16/h2-6,9,11,14H,7-8H2,1H3,(H,15,16). The predicted molar refractivity (Wildman–Crippen MR) is 64.8 cm³/mol. The Kier molecular flexibility index (Phi) is 5.29. The highest BCUT2D eigenvalue weighted by molar-refractivity contribution is 6.18. The van der Waals surface area contributed by atoms with E-state index in [2.05, 4.69) is 5.32 Å². The number of rotatable bonds is 6. The Balaban J connectivity index is 2.55. The number of aliphatic carboxylic acids is 1. The molecule has 2 N–H and O–H groups in total. The van der Waals surface area contributed by atoms with Crippen molar-refractivity contribution in [2.75, 3.05) is 5.88 Å². The van der Waals surface area contributed by atoms with Crippen LogP contribution in [0.2, 0.25) is 0 Å². The molecule has 16 heavy (non-hydrogen) atoms. The van der Waals surface area contributed by atoms with Gasteiger partial charge in [-0.3, -0.25) is 4.79 Å². The van der Waals surface area contributed by atoms with E-state index in [9.17, 15) is 4.79 Å². The molecule has 0 saturated heterocycles. The van der Waals surface area contributed by atoms with Crippen LogP contribution in [0.25, 0.3) is 0 Å². The minimum absolute atomic E-state index is 0.0423. The van der Waals surface area contributed by atoms with Crippen molar-refractivity contribution in [3.05, 3.63) is 35.9 Å². The number of halogens is 1. The van der Waals surface area contributed by atoms with Gasteiger partial charge >= 0.3 is 5.97 Å². The summed E-state index contributed by atoms with van der Waals surface area (Å²) in [6, 6.07) is 9.78. The summed E-state index contributed by atoms with van der Waals surface area (Å²) in [6.45, 7) is 2.00. The zero-order chi connectivity index (χ0) is 12.0. The smallest absolute Gasteiger partial charge is 0.304 e. The summed E-state index contributed by atoms with van der Waals surface area (Å²) in [5.74, 6) is -0.540. The third-order valence-electron chi connectivity index (χ3n) is 2.39. The second-order valence-electron chi connectivity index (χ2n) is 3.75. The molecule has 3 nitrogen and oxygen atoms in total. The van der Waals surface area contributed by atoms with Gasteiger partial charge in [0.25, 0.3) is 0 Å². The van der Waals surface area contributed by atoms with Crippen LogP contribution in [0.4, 0.5) is 0 Å². The van der Waals surface area contributed by atoms with Crippen LogP contribution in [0.3, 0.4) is 0 Å². The summed E-state index contributed by atoms with van der Waals surface area (Å²) in [7, 11) is 0. The Morgan fingerprint density at radius 1 is 1.44 bits per heavy atom. The lowest BCUT2D eigenvalue weighted by molar-refractivity contribution is -0.137. The number of carbonyl (C=O) groups is 1. The second kappa shape index (κ2) is 6.51. The Morgan fingerprint density at radius 3 is 2.56 bits per heavy atom. The number of carboxylic acids is 1. The zero-order valence-electron chi connectivity index (χ0n) is 9.19. The number of alkyl halides is 1. The van der Waals surface area contributed by atoms with E-state index in [0.717, 1.165) is 5.56 Å². The van der Waals surface area contributed by atoms with E-state index < -0.39 is 5.97 Å². The van der Waals surface area contributed by atoms with Gasteiger partial charge in [0, 0.05) is 18.0 Å². The molecule has 0 aliphatic rings. The van der Waals surface area contributed by atoms with Crippen LogP contribution in [0, 0.1) is 0 Å². The van der Waals surface area contributed by atoms with Gasteiger partial charge in [-0.2, -0.15) is 0 Å². The average molecular weight is 242 g/mol. The minimum atomic E-state index is -0.835. The molecule has 1 aromatic rings. The average Bonchev–Trinajstić information content (AvgIpc) is 2.28. The summed E-state index contributed by atoms with van der Waals surface area (Å²) in [5, 5.41) is 11.9. The van der Waals surface area contributed by atoms with E-state index in [-0.39, 0.29) is 18.5 Å². The molecule has 88 valence electrons. The molecule has 0 aliphatic carbocycles. The van der Waals surface area contributed by atoms with Crippen molar-refractivity contribution in [3.8, 4) is 0 Å². The molecule has 0 spiro atoms. The first-order valence-electron chi connectivity index (χ1n) is 5.22. The van der Waals surface area contributed by atoms with Gasteiger partial charge in [0.2, 0.25) is 0 Å². The number of nitrogens with one attached hydrogen (secondary N) is 1. The molecule has 0 radical (unpaired) electrons. The number of hydrogen-bond donors (Lipinski definition) is 2. The van der Waals surface area contributed by atoms with Crippen LogP contribution >= 0.6 is 11.6 Å². The van der Waals surface area contributed by atoms with E-state index in [1.807, 2.05) is 37.3 Å². The highest BCUT2D eigenvalue weighted by Crippen LogP contribution is 2.13. The van der Waals surface area contributed by atoms with Crippen molar-refractivity contribution in [1.29, 1.82) is 0 Å². The normalized spacial score (nSPS) is 14.4. The maximum Gasteiger partial charge on any atom is 0.304 e. The van der Waals surface area contributed by atoms with Gasteiger partial charge in [-0.05, 0) is 12.5 Å². The fraction of sp³-hybridized carbons (Fsp3) is 0.417. The topological polar surface area (TPSA) is 49.3 Å². The minimum Gasteiger partial charge on any atom is -0.481 e. The second-order valence-corrected chi connectivity index (χ2v) is 4.06. The van der Waals surface area contributed by atoms with Gasteiger partial charge in [-0.1, -0.05) is 30.3 Å². The van der Waals surface area contributed by atoms with Crippen molar-refractivity contribution in [1.82, 2.24) is 5.32 Å². The van der Waals surface area contributed by atoms with Gasteiger partial charge < -0.3 is 10.4 Å². The van der Waals surface area contributed by atoms with Crippen molar-refractivity contribution >= 4 is 17.6 Å². The van der Waals surface area contributed by atoms with Crippen molar-refractivity contribution in [2.24, 2.45) is 0 Å². The summed E-state index contributed by atoms with van der Waals surface area (Å²) in [6.07, 6.45) is 0.0423. The molecule has 0 saturated carbocycles. The van der Waals surface area contributed by atoms with Crippen molar-refractivity contribution in [3.63, 3.8) is 0 Å². The van der Waals surface area contributed by atoms with Crippen LogP contribution < -0.4 is 5.32 Å². The molecule has 0 amide bonds. The Labute approximate surface area is 100 Å².